The molecule has 1 nitrogen and oxygen atoms in total. The number of hydrogen-bond donors (Lipinski definition) is 0. The zero-order valence-electron chi connectivity index (χ0n) is 10.5. The van der Waals surface area contributed by atoms with Gasteiger partial charge in [-0.15, -0.1) is 13.2 Å². The van der Waals surface area contributed by atoms with Gasteiger partial charge in [0, 0.05) is 11.3 Å². The van der Waals surface area contributed by atoms with Crippen LogP contribution in [0.4, 0.5) is 0 Å². The average molecular weight is 218 g/mol. The van der Waals surface area contributed by atoms with Gasteiger partial charge in [0.05, 0.1) is 0 Å². The minimum absolute atomic E-state index is 0.160. The largest absolute Gasteiger partial charge is 0.299 e. The van der Waals surface area contributed by atoms with Crippen LogP contribution >= 0.6 is 0 Å². The first kappa shape index (κ1) is 11.6. The molecule has 0 unspecified atom stereocenters. The molecule has 16 heavy (non-hydrogen) atoms. The fraction of sp³-hybridized carbons (Fsp3) is 0.667. The van der Waals surface area contributed by atoms with Gasteiger partial charge in [-0.1, -0.05) is 26.0 Å². The molecule has 0 saturated heterocycles. The fourth-order valence-electron chi connectivity index (χ4n) is 3.75. The van der Waals surface area contributed by atoms with Crippen LogP contribution in [0.1, 0.15) is 39.5 Å². The number of Topliss-reactive ketones (excluding diaryl/α,β-unsaturated/α-hetero) is 1. The molecule has 0 amide bonds. The number of ketones is 1. The van der Waals surface area contributed by atoms with Gasteiger partial charge in [-0.05, 0) is 37.0 Å². The van der Waals surface area contributed by atoms with Crippen molar-refractivity contribution < 1.29 is 4.79 Å². The second-order valence-corrected chi connectivity index (χ2v) is 6.14. The molecular formula is C15H22O. The monoisotopic (exact) mass is 218 g/mol. The Labute approximate surface area is 98.6 Å². The van der Waals surface area contributed by atoms with Gasteiger partial charge in [-0.2, -0.15) is 0 Å². The molecular weight excluding hydrogens is 196 g/mol. The van der Waals surface area contributed by atoms with Gasteiger partial charge in [0.15, 0.2) is 0 Å². The average Bonchev–Trinajstić information content (AvgIpc) is 2.22. The molecule has 1 heteroatoms. The highest BCUT2D eigenvalue weighted by Gasteiger charge is 2.62. The highest BCUT2D eigenvalue weighted by atomic mass is 16.1. The van der Waals surface area contributed by atoms with Crippen LogP contribution in [0.2, 0.25) is 0 Å². The smallest absolute Gasteiger partial charge is 0.143 e. The van der Waals surface area contributed by atoms with Crippen LogP contribution in [-0.4, -0.2) is 5.78 Å². The molecule has 0 heterocycles. The quantitative estimate of drug-likeness (QED) is 0.657. The minimum atomic E-state index is -0.160. The minimum Gasteiger partial charge on any atom is -0.299 e. The van der Waals surface area contributed by atoms with E-state index in [-0.39, 0.29) is 16.7 Å². The number of rotatable bonds is 4. The molecule has 3 fully saturated rings. The summed E-state index contributed by atoms with van der Waals surface area (Å²) in [7, 11) is 0. The summed E-state index contributed by atoms with van der Waals surface area (Å²) in [5.41, 5.74) is 0.0789. The van der Waals surface area contributed by atoms with Crippen molar-refractivity contribution in [2.75, 3.05) is 0 Å². The molecule has 0 spiro atoms. The van der Waals surface area contributed by atoms with Crippen LogP contribution in [0.5, 0.6) is 0 Å². The lowest BCUT2D eigenvalue weighted by Crippen LogP contribution is -2.60. The summed E-state index contributed by atoms with van der Waals surface area (Å²) in [6.45, 7) is 12.1. The third-order valence-electron chi connectivity index (χ3n) is 5.02. The lowest BCUT2D eigenvalue weighted by molar-refractivity contribution is -0.169. The van der Waals surface area contributed by atoms with Crippen molar-refractivity contribution in [1.29, 1.82) is 0 Å². The topological polar surface area (TPSA) is 17.1 Å². The summed E-state index contributed by atoms with van der Waals surface area (Å²) in [6.07, 6.45) is 7.59. The lowest BCUT2D eigenvalue weighted by Gasteiger charge is -2.61. The second-order valence-electron chi connectivity index (χ2n) is 6.14. The molecule has 0 aromatic rings. The van der Waals surface area contributed by atoms with Crippen molar-refractivity contribution in [3.63, 3.8) is 0 Å². The van der Waals surface area contributed by atoms with Gasteiger partial charge >= 0.3 is 0 Å². The van der Waals surface area contributed by atoms with E-state index in [4.69, 9.17) is 0 Å². The van der Waals surface area contributed by atoms with Crippen LogP contribution in [-0.2, 0) is 4.79 Å². The summed E-state index contributed by atoms with van der Waals surface area (Å²) in [6, 6.07) is 0. The highest BCUT2D eigenvalue weighted by Crippen LogP contribution is 2.63. The molecule has 2 bridgehead atoms. The lowest BCUT2D eigenvalue weighted by atomic mass is 9.42. The van der Waals surface area contributed by atoms with Gasteiger partial charge in [0.1, 0.15) is 5.78 Å². The van der Waals surface area contributed by atoms with E-state index < -0.39 is 0 Å². The Morgan fingerprint density at radius 2 is 1.88 bits per heavy atom. The predicted octanol–water partition coefficient (Wildman–Crippen LogP) is 3.76. The Bertz CT molecular complexity index is 327. The Balaban J connectivity index is 2.27. The number of hydrogen-bond acceptors (Lipinski definition) is 1. The van der Waals surface area contributed by atoms with Crippen molar-refractivity contribution in [3.8, 4) is 0 Å². The Morgan fingerprint density at radius 3 is 2.25 bits per heavy atom. The maximum absolute atomic E-state index is 12.6. The second kappa shape index (κ2) is 3.58. The molecule has 3 aliphatic carbocycles. The molecule has 0 N–H and O–H groups in total. The van der Waals surface area contributed by atoms with Gasteiger partial charge in [0.2, 0.25) is 0 Å². The van der Waals surface area contributed by atoms with E-state index in [0.717, 1.165) is 31.6 Å². The molecule has 0 radical (unpaired) electrons. The van der Waals surface area contributed by atoms with Crippen molar-refractivity contribution in [2.24, 2.45) is 22.7 Å². The summed E-state index contributed by atoms with van der Waals surface area (Å²) in [4.78, 5) is 12.6. The zero-order chi connectivity index (χ0) is 12.0. The van der Waals surface area contributed by atoms with Crippen molar-refractivity contribution >= 4 is 5.78 Å². The maximum Gasteiger partial charge on any atom is 0.143 e. The van der Waals surface area contributed by atoms with E-state index in [9.17, 15) is 4.79 Å². The third-order valence-corrected chi connectivity index (χ3v) is 5.02. The van der Waals surface area contributed by atoms with Gasteiger partial charge in [-0.25, -0.2) is 0 Å². The van der Waals surface area contributed by atoms with Crippen molar-refractivity contribution in [3.05, 3.63) is 25.3 Å². The fourth-order valence-corrected chi connectivity index (χ4v) is 3.75. The summed E-state index contributed by atoms with van der Waals surface area (Å²) >= 11 is 0. The normalized spacial score (nSPS) is 34.0. The molecule has 2 atom stereocenters. The number of carbonyl (C=O) groups is 1. The number of allylic oxidation sites excluding steroid dienone is 2. The first-order valence-electron chi connectivity index (χ1n) is 6.24. The molecule has 3 saturated carbocycles. The van der Waals surface area contributed by atoms with E-state index in [1.54, 1.807) is 0 Å². The molecule has 0 aromatic heterocycles. The van der Waals surface area contributed by atoms with Crippen LogP contribution in [0, 0.1) is 22.7 Å². The van der Waals surface area contributed by atoms with Crippen LogP contribution in [0.25, 0.3) is 0 Å². The zero-order valence-corrected chi connectivity index (χ0v) is 10.5. The summed E-state index contributed by atoms with van der Waals surface area (Å²) in [5, 5.41) is 0. The highest BCUT2D eigenvalue weighted by molar-refractivity contribution is 5.90. The van der Waals surface area contributed by atoms with E-state index >= 15 is 0 Å². The standard InChI is InChI=1S/C15H22O/c1-5-7-15(8-6-2)10-11-9-12(13(15)16)14(11,3)4/h5-6,11-12H,1-2,7-10H2,3-4H3/t11-,12+/m1/s1. The number of carbonyl (C=O) groups excluding carboxylic acids is 1. The Hall–Kier alpha value is -0.850. The van der Waals surface area contributed by atoms with Gasteiger partial charge in [-0.3, -0.25) is 4.79 Å². The predicted molar refractivity (Wildman–Crippen MR) is 67.1 cm³/mol. The van der Waals surface area contributed by atoms with Gasteiger partial charge in [0.25, 0.3) is 0 Å². The molecule has 0 aromatic carbocycles. The molecule has 0 aliphatic heterocycles. The first-order chi connectivity index (χ1) is 7.48. The third kappa shape index (κ3) is 1.33. The maximum atomic E-state index is 12.6. The van der Waals surface area contributed by atoms with Crippen molar-refractivity contribution in [2.45, 2.75) is 39.5 Å². The number of fused-ring (bicyclic) bond motifs is 2. The van der Waals surface area contributed by atoms with E-state index in [1.807, 2.05) is 12.2 Å². The van der Waals surface area contributed by atoms with Crippen molar-refractivity contribution in [1.82, 2.24) is 0 Å². The Kier molecular flexibility index (Phi) is 2.60. The Morgan fingerprint density at radius 1 is 1.31 bits per heavy atom. The SMILES string of the molecule is C=CCC1(CC=C)C[C@H]2C[C@@H](C1=O)C2(C)C. The van der Waals surface area contributed by atoms with Crippen LogP contribution in [0.15, 0.2) is 25.3 Å². The molecule has 3 aliphatic rings. The first-order valence-corrected chi connectivity index (χ1v) is 6.24. The van der Waals surface area contributed by atoms with Crippen LogP contribution in [0.3, 0.4) is 0 Å². The van der Waals surface area contributed by atoms with E-state index in [1.165, 1.54) is 0 Å². The molecule has 3 rings (SSSR count). The van der Waals surface area contributed by atoms with Gasteiger partial charge < -0.3 is 0 Å². The summed E-state index contributed by atoms with van der Waals surface area (Å²) < 4.78 is 0. The molecule has 88 valence electrons. The van der Waals surface area contributed by atoms with E-state index in [2.05, 4.69) is 27.0 Å². The van der Waals surface area contributed by atoms with E-state index in [0.29, 0.717) is 5.78 Å². The van der Waals surface area contributed by atoms with Crippen LogP contribution < -0.4 is 0 Å². The summed E-state index contributed by atoms with van der Waals surface area (Å²) in [5.74, 6) is 1.47.